The van der Waals surface area contributed by atoms with Gasteiger partial charge < -0.3 is 10.4 Å². The maximum absolute atomic E-state index is 13.6. The molecule has 0 spiro atoms. The van der Waals surface area contributed by atoms with Crippen LogP contribution in [0.2, 0.25) is 0 Å². The van der Waals surface area contributed by atoms with Gasteiger partial charge in [-0.05, 0) is 54.7 Å². The first-order valence-corrected chi connectivity index (χ1v) is 12.2. The van der Waals surface area contributed by atoms with Crippen LogP contribution in [0.25, 0.3) is 11.1 Å². The van der Waals surface area contributed by atoms with Crippen LogP contribution in [0.4, 0.5) is 29.3 Å². The number of halogens is 3. The van der Waals surface area contributed by atoms with E-state index >= 15 is 0 Å². The third kappa shape index (κ3) is 6.56. The summed E-state index contributed by atoms with van der Waals surface area (Å²) < 4.78 is 40.9. The highest BCUT2D eigenvalue weighted by atomic mass is 19.4. The Morgan fingerprint density at radius 1 is 1.00 bits per heavy atom. The molecule has 0 atom stereocenters. The summed E-state index contributed by atoms with van der Waals surface area (Å²) in [5, 5.41) is 13.4. The number of ketones is 1. The van der Waals surface area contributed by atoms with E-state index in [4.69, 9.17) is 5.11 Å². The summed E-state index contributed by atoms with van der Waals surface area (Å²) >= 11 is 0. The Kier molecular flexibility index (Phi) is 7.80. The van der Waals surface area contributed by atoms with Crippen molar-refractivity contribution in [3.8, 4) is 11.1 Å². The van der Waals surface area contributed by atoms with Gasteiger partial charge in [0.1, 0.15) is 0 Å². The number of carboxylic acid groups (broad SMARTS) is 1. The number of pyridine rings is 1. The van der Waals surface area contributed by atoms with Gasteiger partial charge in [-0.25, -0.2) is 4.79 Å². The van der Waals surface area contributed by atoms with E-state index < -0.39 is 35.9 Å². The van der Waals surface area contributed by atoms with E-state index in [9.17, 15) is 27.6 Å². The van der Waals surface area contributed by atoms with Crippen LogP contribution < -0.4 is 10.6 Å². The van der Waals surface area contributed by atoms with Crippen molar-refractivity contribution in [2.24, 2.45) is 0 Å². The van der Waals surface area contributed by atoms with Crippen LogP contribution in [0.1, 0.15) is 65.7 Å². The monoisotopic (exact) mass is 525 g/mol. The zero-order chi connectivity index (χ0) is 27.4. The molecule has 1 heterocycles. The van der Waals surface area contributed by atoms with E-state index in [1.807, 2.05) is 23.5 Å². The number of carbonyl (C=O) groups is 3. The first-order valence-electron chi connectivity index (χ1n) is 12.2. The molecule has 3 N–H and O–H groups in total. The molecule has 2 aromatic carbocycles. The lowest BCUT2D eigenvalue weighted by molar-refractivity contribution is -0.138. The molecule has 0 radical (unpaired) electrons. The van der Waals surface area contributed by atoms with Gasteiger partial charge in [-0.15, -0.1) is 0 Å². The largest absolute Gasteiger partial charge is 0.465 e. The first kappa shape index (κ1) is 26.8. The SMILES string of the molecule is CCCc1cc(NC(=O)O)c(NC(=O)CC(=O)c2cccc(-c3ccc(C4CC4)nc3)c2)cc1C(F)(F)F. The lowest BCUT2D eigenvalue weighted by atomic mass is 9.99. The average Bonchev–Trinajstić information content (AvgIpc) is 3.70. The second-order valence-electron chi connectivity index (χ2n) is 9.21. The molecule has 10 heteroatoms. The Bertz CT molecular complexity index is 1370. The molecular weight excluding hydrogens is 499 g/mol. The molecule has 7 nitrogen and oxygen atoms in total. The van der Waals surface area contributed by atoms with Crippen molar-refractivity contribution < 1.29 is 32.7 Å². The average molecular weight is 526 g/mol. The lowest BCUT2D eigenvalue weighted by Crippen LogP contribution is -2.20. The zero-order valence-electron chi connectivity index (χ0n) is 20.6. The van der Waals surface area contributed by atoms with Gasteiger partial charge in [0.2, 0.25) is 5.91 Å². The Balaban J connectivity index is 1.52. The number of anilines is 2. The predicted molar refractivity (Wildman–Crippen MR) is 136 cm³/mol. The highest BCUT2D eigenvalue weighted by molar-refractivity contribution is 6.12. The number of nitrogens with one attached hydrogen (secondary N) is 2. The standard InChI is InChI=1S/C28H26F3N3O4/c1-2-4-18-12-23(34-27(37)38)24(13-21(18)28(29,30)31)33-26(36)14-25(35)19-6-3-5-17(11-19)20-9-10-22(32-15-20)16-7-8-16/h3,5-6,9-13,15-16,34H,2,4,7-8,14H2,1H3,(H,33,36)(H,37,38). The number of alkyl halides is 3. The molecule has 0 aliphatic heterocycles. The second-order valence-corrected chi connectivity index (χ2v) is 9.21. The molecular formula is C28H26F3N3O4. The van der Waals surface area contributed by atoms with Gasteiger partial charge in [0, 0.05) is 28.9 Å². The number of rotatable bonds is 9. The van der Waals surface area contributed by atoms with Crippen molar-refractivity contribution in [2.45, 2.75) is 51.1 Å². The van der Waals surface area contributed by atoms with Gasteiger partial charge >= 0.3 is 12.3 Å². The third-order valence-electron chi connectivity index (χ3n) is 6.20. The molecule has 2 amide bonds. The van der Waals surface area contributed by atoms with E-state index in [2.05, 4.69) is 10.3 Å². The fourth-order valence-corrected chi connectivity index (χ4v) is 4.22. The number of carbonyl (C=O) groups excluding carboxylic acids is 2. The van der Waals surface area contributed by atoms with Gasteiger partial charge in [0.25, 0.3) is 0 Å². The Labute approximate surface area is 217 Å². The van der Waals surface area contributed by atoms with Crippen molar-refractivity contribution in [3.05, 3.63) is 77.1 Å². The Hall–Kier alpha value is -4.21. The molecule has 0 bridgehead atoms. The van der Waals surface area contributed by atoms with Gasteiger partial charge in [0.05, 0.1) is 23.4 Å². The summed E-state index contributed by atoms with van der Waals surface area (Å²) in [6.07, 6.45) is -2.41. The van der Waals surface area contributed by atoms with Crippen LogP contribution in [0, 0.1) is 0 Å². The van der Waals surface area contributed by atoms with E-state index in [-0.39, 0.29) is 28.9 Å². The summed E-state index contributed by atoms with van der Waals surface area (Å²) in [5.41, 5.74) is 1.16. The minimum Gasteiger partial charge on any atom is -0.465 e. The number of benzene rings is 2. The van der Waals surface area contributed by atoms with Crippen LogP contribution in [0.15, 0.2) is 54.7 Å². The van der Waals surface area contributed by atoms with Crippen LogP contribution in [0.3, 0.4) is 0 Å². The summed E-state index contributed by atoms with van der Waals surface area (Å²) in [4.78, 5) is 41.2. The van der Waals surface area contributed by atoms with E-state index in [1.165, 1.54) is 0 Å². The highest BCUT2D eigenvalue weighted by Crippen LogP contribution is 2.39. The summed E-state index contributed by atoms with van der Waals surface area (Å²) in [6, 6.07) is 12.3. The number of amides is 2. The summed E-state index contributed by atoms with van der Waals surface area (Å²) in [6.45, 7) is 1.69. The highest BCUT2D eigenvalue weighted by Gasteiger charge is 2.34. The van der Waals surface area contributed by atoms with Crippen molar-refractivity contribution in [3.63, 3.8) is 0 Å². The maximum atomic E-state index is 13.6. The fraction of sp³-hybridized carbons (Fsp3) is 0.286. The van der Waals surface area contributed by atoms with Crippen LogP contribution in [0.5, 0.6) is 0 Å². The topological polar surface area (TPSA) is 108 Å². The van der Waals surface area contributed by atoms with Crippen LogP contribution in [-0.4, -0.2) is 27.9 Å². The molecule has 1 aliphatic rings. The molecule has 1 aromatic heterocycles. The third-order valence-corrected chi connectivity index (χ3v) is 6.20. The van der Waals surface area contributed by atoms with Crippen molar-refractivity contribution in [1.29, 1.82) is 0 Å². The number of aryl methyl sites for hydroxylation is 1. The van der Waals surface area contributed by atoms with Gasteiger partial charge in [-0.1, -0.05) is 37.6 Å². The van der Waals surface area contributed by atoms with Gasteiger partial charge in [-0.3, -0.25) is 19.9 Å². The quantitative estimate of drug-likeness (QED) is 0.208. The molecule has 1 saturated carbocycles. The lowest BCUT2D eigenvalue weighted by Gasteiger charge is -2.18. The summed E-state index contributed by atoms with van der Waals surface area (Å²) in [7, 11) is 0. The predicted octanol–water partition coefficient (Wildman–Crippen LogP) is 6.90. The van der Waals surface area contributed by atoms with E-state index in [1.54, 1.807) is 31.3 Å². The molecule has 1 fully saturated rings. The molecule has 3 aromatic rings. The molecule has 4 rings (SSSR count). The first-order chi connectivity index (χ1) is 18.0. The molecule has 1 aliphatic carbocycles. The van der Waals surface area contributed by atoms with Crippen LogP contribution >= 0.6 is 0 Å². The van der Waals surface area contributed by atoms with E-state index in [0.717, 1.165) is 35.7 Å². The molecule has 38 heavy (non-hydrogen) atoms. The number of aromatic nitrogens is 1. The Morgan fingerprint density at radius 3 is 2.34 bits per heavy atom. The van der Waals surface area contributed by atoms with Gasteiger partial charge in [-0.2, -0.15) is 13.2 Å². The number of hydrogen-bond acceptors (Lipinski definition) is 4. The minimum atomic E-state index is -4.71. The molecule has 198 valence electrons. The van der Waals surface area contributed by atoms with E-state index in [0.29, 0.717) is 18.4 Å². The number of Topliss-reactive ketones (excluding diaryl/α,β-unsaturated/α-hetero) is 1. The van der Waals surface area contributed by atoms with Crippen LogP contribution in [-0.2, 0) is 17.4 Å². The fourth-order valence-electron chi connectivity index (χ4n) is 4.22. The maximum Gasteiger partial charge on any atom is 0.416 e. The molecule has 0 saturated heterocycles. The zero-order valence-corrected chi connectivity index (χ0v) is 20.6. The Morgan fingerprint density at radius 2 is 1.74 bits per heavy atom. The van der Waals surface area contributed by atoms with Crippen molar-refractivity contribution in [2.75, 3.05) is 10.6 Å². The van der Waals surface area contributed by atoms with Crippen molar-refractivity contribution >= 4 is 29.2 Å². The normalized spacial score (nSPS) is 13.2. The number of nitrogens with zero attached hydrogens (tertiary/aromatic N) is 1. The summed E-state index contributed by atoms with van der Waals surface area (Å²) in [5.74, 6) is -0.907. The smallest absolute Gasteiger partial charge is 0.416 e. The van der Waals surface area contributed by atoms with Crippen molar-refractivity contribution in [1.82, 2.24) is 4.98 Å². The molecule has 0 unspecified atom stereocenters. The minimum absolute atomic E-state index is 0.0605. The second kappa shape index (κ2) is 11.0. The number of hydrogen-bond donors (Lipinski definition) is 3. The van der Waals surface area contributed by atoms with Gasteiger partial charge in [0.15, 0.2) is 5.78 Å².